The Hall–Kier alpha value is -1.55. The molecule has 92 valence electrons. The lowest BCUT2D eigenvalue weighted by Gasteiger charge is -2.14. The number of benzene rings is 1. The molecule has 1 aliphatic rings. The second-order valence-electron chi connectivity index (χ2n) is 4.57. The molecule has 17 heavy (non-hydrogen) atoms. The molecule has 1 N–H and O–H groups in total. The summed E-state index contributed by atoms with van der Waals surface area (Å²) in [6, 6.07) is 5.23. The van der Waals surface area contributed by atoms with E-state index >= 15 is 0 Å². The van der Waals surface area contributed by atoms with Gasteiger partial charge < -0.3 is 14.7 Å². The minimum atomic E-state index is -0.906. The van der Waals surface area contributed by atoms with Crippen LogP contribution in [0.2, 0.25) is 0 Å². The zero-order valence-corrected chi connectivity index (χ0v) is 10.1. The molecular formula is C13H17NO3. The molecule has 1 atom stereocenters. The number of rotatable bonds is 3. The standard InChI is InChI=1S/C13H17NO3/c1-9-3-4-10(7-12(9)13(15)16)17-11-5-6-14(2)8-11/h3-4,7,11H,5-6,8H2,1-2H3,(H,15,16). The molecule has 0 radical (unpaired) electrons. The number of aryl methyl sites for hydroxylation is 1. The molecule has 0 saturated carbocycles. The van der Waals surface area contributed by atoms with Gasteiger partial charge in [-0.25, -0.2) is 4.79 Å². The summed E-state index contributed by atoms with van der Waals surface area (Å²) >= 11 is 0. The third kappa shape index (κ3) is 2.77. The van der Waals surface area contributed by atoms with Crippen molar-refractivity contribution in [3.05, 3.63) is 29.3 Å². The number of carboxylic acids is 1. The van der Waals surface area contributed by atoms with Gasteiger partial charge in [-0.05, 0) is 38.1 Å². The summed E-state index contributed by atoms with van der Waals surface area (Å²) in [5, 5.41) is 9.03. The fraction of sp³-hybridized carbons (Fsp3) is 0.462. The first-order chi connectivity index (χ1) is 8.06. The second kappa shape index (κ2) is 4.75. The maximum absolute atomic E-state index is 11.0. The molecule has 0 aliphatic carbocycles. The third-order valence-electron chi connectivity index (χ3n) is 3.09. The van der Waals surface area contributed by atoms with E-state index < -0.39 is 5.97 Å². The zero-order chi connectivity index (χ0) is 12.4. The van der Waals surface area contributed by atoms with Gasteiger partial charge in [0.05, 0.1) is 5.56 Å². The molecule has 2 rings (SSSR count). The molecule has 1 heterocycles. The minimum Gasteiger partial charge on any atom is -0.489 e. The molecule has 4 heteroatoms. The summed E-state index contributed by atoms with van der Waals surface area (Å²) in [4.78, 5) is 13.2. The van der Waals surface area contributed by atoms with E-state index in [0.29, 0.717) is 11.3 Å². The molecule has 1 aromatic carbocycles. The lowest BCUT2D eigenvalue weighted by atomic mass is 10.1. The van der Waals surface area contributed by atoms with Crippen LogP contribution in [0, 0.1) is 6.92 Å². The lowest BCUT2D eigenvalue weighted by Crippen LogP contribution is -2.21. The Balaban J connectivity index is 2.11. The number of ether oxygens (including phenoxy) is 1. The molecule has 4 nitrogen and oxygen atoms in total. The Bertz CT molecular complexity index is 431. The van der Waals surface area contributed by atoms with Gasteiger partial charge in [0.15, 0.2) is 0 Å². The van der Waals surface area contributed by atoms with E-state index in [-0.39, 0.29) is 6.10 Å². The summed E-state index contributed by atoms with van der Waals surface area (Å²) < 4.78 is 5.79. The van der Waals surface area contributed by atoms with E-state index in [2.05, 4.69) is 11.9 Å². The van der Waals surface area contributed by atoms with Crippen molar-refractivity contribution in [1.82, 2.24) is 4.90 Å². The fourth-order valence-electron chi connectivity index (χ4n) is 2.09. The van der Waals surface area contributed by atoms with Crippen molar-refractivity contribution in [3.8, 4) is 5.75 Å². The first kappa shape index (κ1) is 11.9. The van der Waals surface area contributed by atoms with Crippen LogP contribution in [0.4, 0.5) is 0 Å². The molecule has 0 amide bonds. The van der Waals surface area contributed by atoms with Crippen LogP contribution in [-0.2, 0) is 0 Å². The second-order valence-corrected chi connectivity index (χ2v) is 4.57. The molecule has 1 aromatic rings. The number of likely N-dealkylation sites (N-methyl/N-ethyl adjacent to an activating group) is 1. The van der Waals surface area contributed by atoms with E-state index in [1.54, 1.807) is 19.1 Å². The largest absolute Gasteiger partial charge is 0.489 e. The molecule has 1 aliphatic heterocycles. The Morgan fingerprint density at radius 2 is 2.29 bits per heavy atom. The molecular weight excluding hydrogens is 218 g/mol. The average Bonchev–Trinajstić information content (AvgIpc) is 2.66. The van der Waals surface area contributed by atoms with Gasteiger partial charge in [0.1, 0.15) is 11.9 Å². The van der Waals surface area contributed by atoms with Crippen molar-refractivity contribution >= 4 is 5.97 Å². The van der Waals surface area contributed by atoms with Gasteiger partial charge in [-0.15, -0.1) is 0 Å². The van der Waals surface area contributed by atoms with Gasteiger partial charge in [-0.2, -0.15) is 0 Å². The smallest absolute Gasteiger partial charge is 0.336 e. The highest BCUT2D eigenvalue weighted by atomic mass is 16.5. The van der Waals surface area contributed by atoms with Gasteiger partial charge in [-0.3, -0.25) is 0 Å². The van der Waals surface area contributed by atoms with E-state index in [1.165, 1.54) is 0 Å². The highest BCUT2D eigenvalue weighted by molar-refractivity contribution is 5.89. The maximum Gasteiger partial charge on any atom is 0.336 e. The number of likely N-dealkylation sites (tertiary alicyclic amines) is 1. The van der Waals surface area contributed by atoms with Crippen LogP contribution >= 0.6 is 0 Å². The van der Waals surface area contributed by atoms with Crippen molar-refractivity contribution in [2.45, 2.75) is 19.4 Å². The van der Waals surface area contributed by atoms with Crippen LogP contribution in [0.25, 0.3) is 0 Å². The quantitative estimate of drug-likeness (QED) is 0.867. The highest BCUT2D eigenvalue weighted by Gasteiger charge is 2.21. The predicted molar refractivity (Wildman–Crippen MR) is 64.7 cm³/mol. The van der Waals surface area contributed by atoms with Gasteiger partial charge in [-0.1, -0.05) is 6.07 Å². The topological polar surface area (TPSA) is 49.8 Å². The van der Waals surface area contributed by atoms with Crippen LogP contribution in [0.5, 0.6) is 5.75 Å². The Kier molecular flexibility index (Phi) is 3.33. The van der Waals surface area contributed by atoms with Crippen LogP contribution in [0.1, 0.15) is 22.3 Å². The molecule has 0 bridgehead atoms. The normalized spacial score (nSPS) is 20.5. The van der Waals surface area contributed by atoms with Crippen molar-refractivity contribution in [1.29, 1.82) is 0 Å². The summed E-state index contributed by atoms with van der Waals surface area (Å²) in [5.41, 5.74) is 1.07. The number of aromatic carboxylic acids is 1. The van der Waals surface area contributed by atoms with Crippen LogP contribution in [-0.4, -0.2) is 42.2 Å². The van der Waals surface area contributed by atoms with Crippen LogP contribution < -0.4 is 4.74 Å². The van der Waals surface area contributed by atoms with Crippen molar-refractivity contribution in [2.75, 3.05) is 20.1 Å². The zero-order valence-electron chi connectivity index (χ0n) is 10.1. The van der Waals surface area contributed by atoms with Crippen LogP contribution in [0.15, 0.2) is 18.2 Å². The molecule has 1 saturated heterocycles. The number of hydrogen-bond donors (Lipinski definition) is 1. The lowest BCUT2D eigenvalue weighted by molar-refractivity contribution is 0.0695. The molecule has 0 aromatic heterocycles. The van der Waals surface area contributed by atoms with Gasteiger partial charge in [0.2, 0.25) is 0 Å². The van der Waals surface area contributed by atoms with E-state index in [0.717, 1.165) is 25.1 Å². The summed E-state index contributed by atoms with van der Waals surface area (Å²) in [6.07, 6.45) is 1.16. The van der Waals surface area contributed by atoms with Crippen molar-refractivity contribution < 1.29 is 14.6 Å². The Morgan fingerprint density at radius 3 is 2.88 bits per heavy atom. The van der Waals surface area contributed by atoms with Gasteiger partial charge in [0, 0.05) is 13.1 Å². The van der Waals surface area contributed by atoms with Crippen LogP contribution in [0.3, 0.4) is 0 Å². The number of carbonyl (C=O) groups is 1. The fourth-order valence-corrected chi connectivity index (χ4v) is 2.09. The Labute approximate surface area is 101 Å². The van der Waals surface area contributed by atoms with E-state index in [4.69, 9.17) is 9.84 Å². The summed E-state index contributed by atoms with van der Waals surface area (Å²) in [5.74, 6) is -0.259. The number of carboxylic acid groups (broad SMARTS) is 1. The monoisotopic (exact) mass is 235 g/mol. The molecule has 1 unspecified atom stereocenters. The minimum absolute atomic E-state index is 0.171. The van der Waals surface area contributed by atoms with Gasteiger partial charge in [0.25, 0.3) is 0 Å². The Morgan fingerprint density at radius 1 is 1.53 bits per heavy atom. The van der Waals surface area contributed by atoms with E-state index in [9.17, 15) is 4.79 Å². The number of hydrogen-bond acceptors (Lipinski definition) is 3. The van der Waals surface area contributed by atoms with Crippen molar-refractivity contribution in [2.24, 2.45) is 0 Å². The predicted octanol–water partition coefficient (Wildman–Crippen LogP) is 1.78. The molecule has 0 spiro atoms. The molecule has 1 fully saturated rings. The summed E-state index contributed by atoms with van der Waals surface area (Å²) in [7, 11) is 2.06. The number of nitrogens with zero attached hydrogens (tertiary/aromatic N) is 1. The average molecular weight is 235 g/mol. The third-order valence-corrected chi connectivity index (χ3v) is 3.09. The maximum atomic E-state index is 11.0. The van der Waals surface area contributed by atoms with E-state index in [1.807, 2.05) is 6.07 Å². The first-order valence-corrected chi connectivity index (χ1v) is 5.75. The van der Waals surface area contributed by atoms with Crippen molar-refractivity contribution in [3.63, 3.8) is 0 Å². The summed E-state index contributed by atoms with van der Waals surface area (Å²) in [6.45, 7) is 3.72. The highest BCUT2D eigenvalue weighted by Crippen LogP contribution is 2.21. The SMILES string of the molecule is Cc1ccc(OC2CCN(C)C2)cc1C(=O)O. The first-order valence-electron chi connectivity index (χ1n) is 5.75. The van der Waals surface area contributed by atoms with Gasteiger partial charge >= 0.3 is 5.97 Å².